The van der Waals surface area contributed by atoms with E-state index in [4.69, 9.17) is 4.74 Å². The molecule has 1 aliphatic rings. The minimum atomic E-state index is -0.973. The zero-order valence-electron chi connectivity index (χ0n) is 17.5. The molecule has 29 heavy (non-hydrogen) atoms. The molecule has 1 aromatic carbocycles. The number of benzene rings is 1. The topological polar surface area (TPSA) is 80.6 Å². The molecular weight excluding hydrogens is 368 g/mol. The molecule has 1 aromatic heterocycles. The Labute approximate surface area is 171 Å². The van der Waals surface area contributed by atoms with E-state index in [1.54, 1.807) is 18.2 Å². The van der Waals surface area contributed by atoms with Gasteiger partial charge in [-0.05, 0) is 51.7 Å². The number of aromatic nitrogens is 1. The fourth-order valence-electron chi connectivity index (χ4n) is 4.17. The summed E-state index contributed by atoms with van der Waals surface area (Å²) in [5.74, 6) is 0.0284. The number of anilines is 1. The van der Waals surface area contributed by atoms with Gasteiger partial charge in [-0.2, -0.15) is 0 Å². The summed E-state index contributed by atoms with van der Waals surface area (Å²) < 4.78 is 7.42. The van der Waals surface area contributed by atoms with E-state index < -0.39 is 17.7 Å². The van der Waals surface area contributed by atoms with Crippen LogP contribution in [0.25, 0.3) is 10.9 Å². The van der Waals surface area contributed by atoms with Crippen molar-refractivity contribution in [2.75, 3.05) is 5.32 Å². The number of ether oxygens (including phenoxy) is 1. The maximum absolute atomic E-state index is 12.6. The number of rotatable bonds is 5. The zero-order chi connectivity index (χ0) is 21.2. The Kier molecular flexibility index (Phi) is 6.01. The summed E-state index contributed by atoms with van der Waals surface area (Å²) in [5, 5.41) is 13.4. The number of carboxylic acid groups (broad SMARTS) is 1. The Hall–Kier alpha value is -2.76. The highest BCUT2D eigenvalue weighted by Crippen LogP contribution is 2.43. The van der Waals surface area contributed by atoms with E-state index in [9.17, 15) is 14.7 Å². The van der Waals surface area contributed by atoms with Crippen molar-refractivity contribution >= 4 is 28.8 Å². The molecule has 0 unspecified atom stereocenters. The molecule has 0 atom stereocenters. The molecule has 1 aliphatic carbocycles. The first-order valence-corrected chi connectivity index (χ1v) is 10.2. The third-order valence-electron chi connectivity index (χ3n) is 5.30. The van der Waals surface area contributed by atoms with Crippen molar-refractivity contribution in [2.45, 2.75) is 70.9 Å². The number of nitrogens with one attached hydrogen (secondary N) is 1. The predicted molar refractivity (Wildman–Crippen MR) is 115 cm³/mol. The van der Waals surface area contributed by atoms with Crippen molar-refractivity contribution in [2.24, 2.45) is 0 Å². The van der Waals surface area contributed by atoms with Crippen molar-refractivity contribution in [1.29, 1.82) is 0 Å². The van der Waals surface area contributed by atoms with Gasteiger partial charge in [0.25, 0.3) is 0 Å². The Balaban J connectivity index is 2.18. The molecule has 0 bridgehead atoms. The van der Waals surface area contributed by atoms with Crippen LogP contribution in [0.3, 0.4) is 0 Å². The first-order chi connectivity index (χ1) is 13.7. The van der Waals surface area contributed by atoms with Gasteiger partial charge in [0.15, 0.2) is 0 Å². The summed E-state index contributed by atoms with van der Waals surface area (Å²) in [6, 6.07) is 5.17. The number of hydrogen-bond acceptors (Lipinski definition) is 3. The largest absolute Gasteiger partial charge is 0.478 e. The number of amides is 1. The van der Waals surface area contributed by atoms with Crippen LogP contribution in [0.1, 0.15) is 74.7 Å². The predicted octanol–water partition coefficient (Wildman–Crippen LogP) is 5.92. The van der Waals surface area contributed by atoms with Gasteiger partial charge in [0.2, 0.25) is 0 Å². The second-order valence-corrected chi connectivity index (χ2v) is 8.66. The quantitative estimate of drug-likeness (QED) is 0.613. The van der Waals surface area contributed by atoms with Crippen LogP contribution in [0.2, 0.25) is 0 Å². The Morgan fingerprint density at radius 1 is 1.28 bits per heavy atom. The highest BCUT2D eigenvalue weighted by Gasteiger charge is 2.28. The minimum Gasteiger partial charge on any atom is -0.478 e. The van der Waals surface area contributed by atoms with E-state index in [2.05, 4.69) is 11.9 Å². The Morgan fingerprint density at radius 3 is 2.55 bits per heavy atom. The van der Waals surface area contributed by atoms with Gasteiger partial charge in [-0.3, -0.25) is 5.32 Å². The highest BCUT2D eigenvalue weighted by molar-refractivity contribution is 5.99. The van der Waals surface area contributed by atoms with Crippen LogP contribution < -0.4 is 5.32 Å². The van der Waals surface area contributed by atoms with Gasteiger partial charge in [0.1, 0.15) is 11.4 Å². The molecule has 2 aromatic rings. The Bertz CT molecular complexity index is 930. The third-order valence-corrected chi connectivity index (χ3v) is 5.30. The lowest BCUT2D eigenvalue weighted by atomic mass is 9.83. The number of carbonyl (C=O) groups is 2. The summed E-state index contributed by atoms with van der Waals surface area (Å²) in [6.07, 6.45) is 6.86. The van der Waals surface area contributed by atoms with Crippen LogP contribution in [0.5, 0.6) is 0 Å². The summed E-state index contributed by atoms with van der Waals surface area (Å²) in [4.78, 5) is 24.1. The van der Waals surface area contributed by atoms with Crippen molar-refractivity contribution < 1.29 is 19.4 Å². The Morgan fingerprint density at radius 2 is 1.97 bits per heavy atom. The number of fused-ring (bicyclic) bond motifs is 1. The van der Waals surface area contributed by atoms with Gasteiger partial charge in [-0.1, -0.05) is 31.4 Å². The number of nitrogens with zero attached hydrogens (tertiary/aromatic N) is 1. The lowest BCUT2D eigenvalue weighted by molar-refractivity contribution is 0.0632. The molecular formula is C23H30N2O4. The molecule has 6 heteroatoms. The van der Waals surface area contributed by atoms with Gasteiger partial charge < -0.3 is 14.4 Å². The standard InChI is InChI=1S/C23H30N2O4/c1-5-13-25-18-14-16(21(26)27)11-12-17(18)19(15-9-7-6-8-10-15)20(25)24-22(28)29-23(2,3)4/h5,11-12,14-15H,1,6-10,13H2,2-4H3,(H,24,28)(H,26,27). The molecule has 1 heterocycles. The van der Waals surface area contributed by atoms with E-state index in [1.165, 1.54) is 6.42 Å². The van der Waals surface area contributed by atoms with Crippen LogP contribution >= 0.6 is 0 Å². The second kappa shape index (κ2) is 8.31. The van der Waals surface area contributed by atoms with E-state index in [1.807, 2.05) is 31.4 Å². The van der Waals surface area contributed by atoms with Gasteiger partial charge >= 0.3 is 12.1 Å². The average molecular weight is 399 g/mol. The summed E-state index contributed by atoms with van der Waals surface area (Å²) in [5.41, 5.74) is 1.47. The van der Waals surface area contributed by atoms with Gasteiger partial charge in [0, 0.05) is 17.5 Å². The third kappa shape index (κ3) is 4.63. The van der Waals surface area contributed by atoms with E-state index in [-0.39, 0.29) is 5.56 Å². The lowest BCUT2D eigenvalue weighted by Gasteiger charge is -2.24. The maximum Gasteiger partial charge on any atom is 0.413 e. The molecule has 1 fully saturated rings. The molecule has 1 amide bonds. The van der Waals surface area contributed by atoms with Crippen LogP contribution in [-0.4, -0.2) is 27.3 Å². The molecule has 0 spiro atoms. The van der Waals surface area contributed by atoms with Crippen molar-refractivity contribution in [3.05, 3.63) is 42.0 Å². The monoisotopic (exact) mass is 398 g/mol. The van der Waals surface area contributed by atoms with E-state index >= 15 is 0 Å². The number of carbonyl (C=O) groups excluding carboxylic acids is 1. The fraction of sp³-hybridized carbons (Fsp3) is 0.478. The number of allylic oxidation sites excluding steroid dienone is 1. The summed E-state index contributed by atoms with van der Waals surface area (Å²) >= 11 is 0. The first kappa shape index (κ1) is 21.0. The maximum atomic E-state index is 12.6. The van der Waals surface area contributed by atoms with Gasteiger partial charge in [-0.15, -0.1) is 6.58 Å². The zero-order valence-corrected chi connectivity index (χ0v) is 17.5. The van der Waals surface area contributed by atoms with Crippen molar-refractivity contribution in [1.82, 2.24) is 4.57 Å². The SMILES string of the molecule is C=CCn1c(NC(=O)OC(C)(C)C)c(C2CCCCC2)c2ccc(C(=O)O)cc21. The molecule has 1 saturated carbocycles. The van der Waals surface area contributed by atoms with Crippen LogP contribution in [0, 0.1) is 0 Å². The van der Waals surface area contributed by atoms with Crippen LogP contribution in [0.4, 0.5) is 10.6 Å². The molecule has 3 rings (SSSR count). The smallest absolute Gasteiger partial charge is 0.413 e. The molecule has 0 radical (unpaired) electrons. The summed E-state index contributed by atoms with van der Waals surface area (Å²) in [6.45, 7) is 9.78. The fourth-order valence-corrected chi connectivity index (χ4v) is 4.17. The van der Waals surface area contributed by atoms with Gasteiger partial charge in [0.05, 0.1) is 11.1 Å². The minimum absolute atomic E-state index is 0.222. The van der Waals surface area contributed by atoms with Gasteiger partial charge in [-0.25, -0.2) is 9.59 Å². The second-order valence-electron chi connectivity index (χ2n) is 8.66. The lowest BCUT2D eigenvalue weighted by Crippen LogP contribution is -2.28. The number of aromatic carboxylic acids is 1. The average Bonchev–Trinajstić information content (AvgIpc) is 2.93. The molecule has 0 aliphatic heterocycles. The molecule has 2 N–H and O–H groups in total. The van der Waals surface area contributed by atoms with Crippen LogP contribution in [-0.2, 0) is 11.3 Å². The van der Waals surface area contributed by atoms with Crippen molar-refractivity contribution in [3.63, 3.8) is 0 Å². The highest BCUT2D eigenvalue weighted by atomic mass is 16.6. The summed E-state index contributed by atoms with van der Waals surface area (Å²) in [7, 11) is 0. The first-order valence-electron chi connectivity index (χ1n) is 10.2. The van der Waals surface area contributed by atoms with Crippen molar-refractivity contribution in [3.8, 4) is 0 Å². The number of hydrogen-bond donors (Lipinski definition) is 2. The van der Waals surface area contributed by atoms with E-state index in [0.717, 1.165) is 42.1 Å². The van der Waals surface area contributed by atoms with Crippen LogP contribution in [0.15, 0.2) is 30.9 Å². The molecule has 6 nitrogen and oxygen atoms in total. The normalized spacial score (nSPS) is 15.3. The number of carboxylic acids is 1. The molecule has 0 saturated heterocycles. The molecule has 156 valence electrons. The van der Waals surface area contributed by atoms with E-state index in [0.29, 0.717) is 18.3 Å².